The average molecular weight is 353 g/mol. The maximum Gasteiger partial charge on any atom is 0.227 e. The van der Waals surface area contributed by atoms with Crippen LogP contribution in [0.4, 0.5) is 11.5 Å². The monoisotopic (exact) mass is 353 g/mol. The zero-order valence-corrected chi connectivity index (χ0v) is 14.3. The van der Waals surface area contributed by atoms with Crippen molar-refractivity contribution in [3.05, 3.63) is 31.0 Å². The third-order valence-electron chi connectivity index (χ3n) is 4.58. The standard InChI is InChI=1S/C17H19N7O2/c1-26-13-3-2-12(8-18-13)23-17(25)11-4-6-24(7-5-11)16-14-15(20-9-19-14)21-10-22-16/h2-3,8-11H,4-7H2,1H3,(H,23,25)(H,19,20,21,22). The van der Waals surface area contributed by atoms with Gasteiger partial charge in [-0.2, -0.15) is 0 Å². The number of H-pyrrole nitrogens is 1. The molecule has 1 aliphatic heterocycles. The van der Waals surface area contributed by atoms with Crippen LogP contribution in [0.3, 0.4) is 0 Å². The van der Waals surface area contributed by atoms with Gasteiger partial charge in [-0.05, 0) is 18.9 Å². The van der Waals surface area contributed by atoms with E-state index in [4.69, 9.17) is 4.74 Å². The summed E-state index contributed by atoms with van der Waals surface area (Å²) in [6.07, 6.45) is 6.26. The van der Waals surface area contributed by atoms with Gasteiger partial charge in [-0.15, -0.1) is 0 Å². The highest BCUT2D eigenvalue weighted by Gasteiger charge is 2.27. The van der Waals surface area contributed by atoms with Crippen LogP contribution in [0.2, 0.25) is 0 Å². The minimum atomic E-state index is -0.0348. The van der Waals surface area contributed by atoms with Crippen molar-refractivity contribution in [2.45, 2.75) is 12.8 Å². The number of anilines is 2. The molecule has 1 fully saturated rings. The molecule has 1 amide bonds. The molecule has 3 aromatic heterocycles. The lowest BCUT2D eigenvalue weighted by atomic mass is 9.96. The average Bonchev–Trinajstić information content (AvgIpc) is 3.17. The number of amides is 1. The van der Waals surface area contributed by atoms with Crippen LogP contribution in [0.1, 0.15) is 12.8 Å². The molecule has 1 saturated heterocycles. The first-order valence-electron chi connectivity index (χ1n) is 8.44. The molecule has 4 rings (SSSR count). The molecule has 0 aliphatic carbocycles. The topological polar surface area (TPSA) is 109 Å². The number of rotatable bonds is 4. The second-order valence-electron chi connectivity index (χ2n) is 6.14. The Morgan fingerprint density at radius 3 is 2.81 bits per heavy atom. The van der Waals surface area contributed by atoms with Crippen molar-refractivity contribution in [3.63, 3.8) is 0 Å². The molecule has 1 aliphatic rings. The highest BCUT2D eigenvalue weighted by atomic mass is 16.5. The van der Waals surface area contributed by atoms with Crippen molar-refractivity contribution in [1.82, 2.24) is 24.9 Å². The van der Waals surface area contributed by atoms with Crippen molar-refractivity contribution in [2.75, 3.05) is 30.4 Å². The minimum Gasteiger partial charge on any atom is -0.481 e. The number of hydrogen-bond acceptors (Lipinski definition) is 7. The first-order chi connectivity index (χ1) is 12.7. The number of methoxy groups -OCH3 is 1. The van der Waals surface area contributed by atoms with E-state index in [1.807, 2.05) is 0 Å². The summed E-state index contributed by atoms with van der Waals surface area (Å²) in [6, 6.07) is 3.51. The van der Waals surface area contributed by atoms with E-state index in [2.05, 4.69) is 35.1 Å². The van der Waals surface area contributed by atoms with E-state index in [0.29, 0.717) is 17.2 Å². The molecule has 0 bridgehead atoms. The van der Waals surface area contributed by atoms with Gasteiger partial charge in [-0.25, -0.2) is 19.9 Å². The van der Waals surface area contributed by atoms with Gasteiger partial charge in [0.25, 0.3) is 0 Å². The molecule has 0 spiro atoms. The van der Waals surface area contributed by atoms with Gasteiger partial charge < -0.3 is 19.9 Å². The fraction of sp³-hybridized carbons (Fsp3) is 0.353. The summed E-state index contributed by atoms with van der Waals surface area (Å²) in [7, 11) is 1.56. The van der Waals surface area contributed by atoms with Crippen LogP contribution in [0, 0.1) is 5.92 Å². The molecule has 26 heavy (non-hydrogen) atoms. The van der Waals surface area contributed by atoms with Crippen molar-refractivity contribution in [2.24, 2.45) is 5.92 Å². The second-order valence-corrected chi connectivity index (χ2v) is 6.14. The smallest absolute Gasteiger partial charge is 0.227 e. The van der Waals surface area contributed by atoms with Gasteiger partial charge in [-0.1, -0.05) is 0 Å². The number of aromatic nitrogens is 5. The zero-order chi connectivity index (χ0) is 17.9. The highest BCUT2D eigenvalue weighted by molar-refractivity contribution is 5.92. The summed E-state index contributed by atoms with van der Waals surface area (Å²) < 4.78 is 5.02. The molecule has 134 valence electrons. The fourth-order valence-corrected chi connectivity index (χ4v) is 3.16. The Labute approximate surface area is 149 Å². The molecule has 4 heterocycles. The van der Waals surface area contributed by atoms with Crippen LogP contribution in [0.25, 0.3) is 11.2 Å². The van der Waals surface area contributed by atoms with E-state index in [1.54, 1.807) is 31.8 Å². The summed E-state index contributed by atoms with van der Waals surface area (Å²) in [5, 5.41) is 2.93. The van der Waals surface area contributed by atoms with Gasteiger partial charge in [0.05, 0.1) is 25.3 Å². The lowest BCUT2D eigenvalue weighted by Gasteiger charge is -2.32. The lowest BCUT2D eigenvalue weighted by molar-refractivity contribution is -0.120. The quantitative estimate of drug-likeness (QED) is 0.733. The Bertz CT molecular complexity index is 901. The number of carbonyl (C=O) groups is 1. The summed E-state index contributed by atoms with van der Waals surface area (Å²) in [5.74, 6) is 1.34. The molecule has 0 saturated carbocycles. The summed E-state index contributed by atoms with van der Waals surface area (Å²) in [5.41, 5.74) is 2.16. The van der Waals surface area contributed by atoms with E-state index in [0.717, 1.165) is 37.3 Å². The molecule has 0 atom stereocenters. The molecular weight excluding hydrogens is 334 g/mol. The number of aromatic amines is 1. The number of ether oxygens (including phenoxy) is 1. The number of hydrogen-bond donors (Lipinski definition) is 2. The van der Waals surface area contributed by atoms with E-state index >= 15 is 0 Å². The van der Waals surface area contributed by atoms with Crippen LogP contribution >= 0.6 is 0 Å². The number of pyridine rings is 1. The Balaban J connectivity index is 1.38. The summed E-state index contributed by atoms with van der Waals surface area (Å²) >= 11 is 0. The van der Waals surface area contributed by atoms with Crippen LogP contribution < -0.4 is 15.0 Å². The van der Waals surface area contributed by atoms with Crippen LogP contribution in [-0.2, 0) is 4.79 Å². The number of piperidine rings is 1. The Hall–Kier alpha value is -3.23. The Morgan fingerprint density at radius 1 is 1.23 bits per heavy atom. The van der Waals surface area contributed by atoms with E-state index in [9.17, 15) is 4.79 Å². The third-order valence-corrected chi connectivity index (χ3v) is 4.58. The van der Waals surface area contributed by atoms with E-state index in [1.165, 1.54) is 6.33 Å². The van der Waals surface area contributed by atoms with Crippen molar-refractivity contribution >= 4 is 28.6 Å². The molecule has 0 aromatic carbocycles. The van der Waals surface area contributed by atoms with Crippen molar-refractivity contribution in [3.8, 4) is 5.88 Å². The van der Waals surface area contributed by atoms with Crippen molar-refractivity contribution < 1.29 is 9.53 Å². The number of fused-ring (bicyclic) bond motifs is 1. The van der Waals surface area contributed by atoms with Gasteiger partial charge in [0, 0.05) is 25.1 Å². The second kappa shape index (κ2) is 6.95. The normalized spacial score (nSPS) is 15.2. The van der Waals surface area contributed by atoms with Gasteiger partial charge in [-0.3, -0.25) is 4.79 Å². The Morgan fingerprint density at radius 2 is 2.08 bits per heavy atom. The molecule has 9 nitrogen and oxygen atoms in total. The highest BCUT2D eigenvalue weighted by Crippen LogP contribution is 2.26. The largest absolute Gasteiger partial charge is 0.481 e. The number of nitrogens with zero attached hydrogens (tertiary/aromatic N) is 5. The van der Waals surface area contributed by atoms with E-state index in [-0.39, 0.29) is 11.8 Å². The number of nitrogens with one attached hydrogen (secondary N) is 2. The summed E-state index contributed by atoms with van der Waals surface area (Å²) in [6.45, 7) is 1.51. The summed E-state index contributed by atoms with van der Waals surface area (Å²) in [4.78, 5) is 34.5. The SMILES string of the molecule is COc1ccc(NC(=O)C2CCN(c3ncnc4nc[nH]c34)CC2)cn1. The fourth-order valence-electron chi connectivity index (χ4n) is 3.16. The predicted octanol–water partition coefficient (Wildman–Crippen LogP) is 1.61. The molecule has 9 heteroatoms. The number of imidazole rings is 1. The van der Waals surface area contributed by atoms with Crippen molar-refractivity contribution in [1.29, 1.82) is 0 Å². The van der Waals surface area contributed by atoms with Crippen LogP contribution in [-0.4, -0.2) is 51.0 Å². The van der Waals surface area contributed by atoms with E-state index < -0.39 is 0 Å². The minimum absolute atomic E-state index is 0.0194. The van der Waals surface area contributed by atoms with Gasteiger partial charge in [0.15, 0.2) is 11.5 Å². The van der Waals surface area contributed by atoms with Crippen LogP contribution in [0.5, 0.6) is 5.88 Å². The van der Waals surface area contributed by atoms with Gasteiger partial charge >= 0.3 is 0 Å². The molecule has 0 unspecified atom stereocenters. The zero-order valence-electron chi connectivity index (χ0n) is 14.3. The third kappa shape index (κ3) is 3.15. The first kappa shape index (κ1) is 16.2. The molecule has 0 radical (unpaired) electrons. The maximum absolute atomic E-state index is 12.5. The number of carbonyl (C=O) groups excluding carboxylic acids is 1. The first-order valence-corrected chi connectivity index (χ1v) is 8.44. The Kier molecular flexibility index (Phi) is 4.34. The lowest BCUT2D eigenvalue weighted by Crippen LogP contribution is -2.38. The van der Waals surface area contributed by atoms with Crippen LogP contribution in [0.15, 0.2) is 31.0 Å². The maximum atomic E-state index is 12.5. The van der Waals surface area contributed by atoms with Gasteiger partial charge in [0.2, 0.25) is 11.8 Å². The molecule has 2 N–H and O–H groups in total. The predicted molar refractivity (Wildman–Crippen MR) is 96.0 cm³/mol. The molecule has 3 aromatic rings. The van der Waals surface area contributed by atoms with Gasteiger partial charge in [0.1, 0.15) is 11.8 Å². The molecular formula is C17H19N7O2.